The molecule has 2 aromatic rings. The Morgan fingerprint density at radius 2 is 1.86 bits per heavy atom. The fourth-order valence-electron chi connectivity index (χ4n) is 2.27. The number of carbonyl (C=O) groups excluding carboxylic acids is 1. The van der Waals surface area contributed by atoms with Gasteiger partial charge in [-0.1, -0.05) is 26.0 Å². The van der Waals surface area contributed by atoms with Crippen molar-refractivity contribution in [3.63, 3.8) is 0 Å². The first kappa shape index (κ1) is 16.3. The van der Waals surface area contributed by atoms with Crippen molar-refractivity contribution in [2.24, 2.45) is 0 Å². The lowest BCUT2D eigenvalue weighted by Gasteiger charge is -2.20. The van der Waals surface area contributed by atoms with Crippen LogP contribution in [0.1, 0.15) is 38.0 Å². The predicted octanol–water partition coefficient (Wildman–Crippen LogP) is 2.44. The van der Waals surface area contributed by atoms with Gasteiger partial charge in [0.15, 0.2) is 11.8 Å². The molecule has 0 saturated heterocycles. The monoisotopic (exact) mass is 301 g/mol. The summed E-state index contributed by atoms with van der Waals surface area (Å²) in [6.45, 7) is 6.93. The van der Waals surface area contributed by atoms with Gasteiger partial charge in [0.1, 0.15) is 6.54 Å². The summed E-state index contributed by atoms with van der Waals surface area (Å²) in [5.41, 5.74) is 2.11. The zero-order valence-corrected chi connectivity index (χ0v) is 13.7. The summed E-state index contributed by atoms with van der Waals surface area (Å²) >= 11 is 0. The maximum absolute atomic E-state index is 12.3. The molecule has 0 aliphatic heterocycles. The number of quaternary nitrogens is 1. The van der Waals surface area contributed by atoms with Crippen molar-refractivity contribution in [3.8, 4) is 0 Å². The van der Waals surface area contributed by atoms with E-state index in [1.54, 1.807) is 6.26 Å². The lowest BCUT2D eigenvalue weighted by Crippen LogP contribution is -3.12. The molecule has 1 amide bonds. The summed E-state index contributed by atoms with van der Waals surface area (Å²) in [5.74, 6) is 1.40. The van der Waals surface area contributed by atoms with Crippen LogP contribution in [0.15, 0.2) is 47.1 Å². The van der Waals surface area contributed by atoms with Crippen LogP contribution in [0.3, 0.4) is 0 Å². The normalized spacial score (nSPS) is 13.9. The minimum atomic E-state index is -0.158. The van der Waals surface area contributed by atoms with E-state index in [0.717, 1.165) is 16.3 Å². The molecule has 0 bridgehead atoms. The number of hydrogen-bond donors (Lipinski definition) is 2. The molecule has 0 spiro atoms. The van der Waals surface area contributed by atoms with Crippen LogP contribution in [0.2, 0.25) is 0 Å². The molecule has 2 rings (SSSR count). The molecule has 2 atom stereocenters. The van der Waals surface area contributed by atoms with E-state index in [9.17, 15) is 4.79 Å². The Bertz CT molecular complexity index is 588. The molecule has 0 radical (unpaired) electrons. The molecule has 1 aromatic carbocycles. The minimum Gasteiger partial charge on any atom is -0.463 e. The van der Waals surface area contributed by atoms with Gasteiger partial charge in [0.2, 0.25) is 0 Å². The molecule has 118 valence electrons. The molecule has 1 unspecified atom stereocenters. The van der Waals surface area contributed by atoms with Crippen LogP contribution in [0.25, 0.3) is 0 Å². The van der Waals surface area contributed by atoms with Crippen LogP contribution in [-0.4, -0.2) is 19.0 Å². The van der Waals surface area contributed by atoms with Crippen LogP contribution in [-0.2, 0) is 11.3 Å². The quantitative estimate of drug-likeness (QED) is 0.861. The second-order valence-corrected chi connectivity index (χ2v) is 6.09. The molecule has 0 fully saturated rings. The SMILES string of the molecule is CC(C)c1ccc(NC(=O)[C@@H](C)[NH+](C)Cc2ccco2)cc1. The third-order valence-corrected chi connectivity index (χ3v) is 4.01. The Hall–Kier alpha value is -2.07. The average Bonchev–Trinajstić information content (AvgIpc) is 2.99. The van der Waals surface area contributed by atoms with Crippen molar-refractivity contribution in [2.75, 3.05) is 12.4 Å². The lowest BCUT2D eigenvalue weighted by molar-refractivity contribution is -0.908. The van der Waals surface area contributed by atoms with E-state index in [0.29, 0.717) is 12.5 Å². The Morgan fingerprint density at radius 1 is 1.18 bits per heavy atom. The molecular formula is C18H25N2O2+. The van der Waals surface area contributed by atoms with Gasteiger partial charge in [0, 0.05) is 5.69 Å². The van der Waals surface area contributed by atoms with Gasteiger partial charge in [0.25, 0.3) is 5.91 Å². The Morgan fingerprint density at radius 3 is 2.41 bits per heavy atom. The van der Waals surface area contributed by atoms with Crippen LogP contribution < -0.4 is 10.2 Å². The number of furan rings is 1. The second-order valence-electron chi connectivity index (χ2n) is 6.09. The van der Waals surface area contributed by atoms with Gasteiger partial charge in [-0.25, -0.2) is 0 Å². The first-order valence-corrected chi connectivity index (χ1v) is 7.73. The third kappa shape index (κ3) is 4.21. The Labute approximate surface area is 132 Å². The standard InChI is InChI=1S/C18H24N2O2/c1-13(2)15-7-9-16(10-8-15)19-18(21)14(3)20(4)12-17-6-5-11-22-17/h5-11,13-14H,12H2,1-4H3,(H,19,21)/p+1/t14-/m1/s1. The fraction of sp³-hybridized carbons (Fsp3) is 0.389. The maximum Gasteiger partial charge on any atom is 0.282 e. The molecule has 1 heterocycles. The maximum atomic E-state index is 12.3. The molecule has 4 nitrogen and oxygen atoms in total. The number of likely N-dealkylation sites (N-methyl/N-ethyl adjacent to an activating group) is 1. The van der Waals surface area contributed by atoms with Crippen LogP contribution in [0, 0.1) is 0 Å². The number of rotatable bonds is 6. The van der Waals surface area contributed by atoms with E-state index in [4.69, 9.17) is 4.42 Å². The molecular weight excluding hydrogens is 276 g/mol. The lowest BCUT2D eigenvalue weighted by atomic mass is 10.0. The van der Waals surface area contributed by atoms with Crippen molar-refractivity contribution in [1.82, 2.24) is 0 Å². The first-order chi connectivity index (χ1) is 10.5. The summed E-state index contributed by atoms with van der Waals surface area (Å²) in [6.07, 6.45) is 1.66. The summed E-state index contributed by atoms with van der Waals surface area (Å²) in [6, 6.07) is 11.7. The number of hydrogen-bond acceptors (Lipinski definition) is 2. The van der Waals surface area contributed by atoms with Gasteiger partial charge in [0.05, 0.1) is 13.3 Å². The highest BCUT2D eigenvalue weighted by Gasteiger charge is 2.22. The highest BCUT2D eigenvalue weighted by Crippen LogP contribution is 2.17. The topological polar surface area (TPSA) is 46.7 Å². The Balaban J connectivity index is 1.92. The number of benzene rings is 1. The number of anilines is 1. The van der Waals surface area contributed by atoms with Gasteiger partial charge in [-0.15, -0.1) is 0 Å². The smallest absolute Gasteiger partial charge is 0.282 e. The van der Waals surface area contributed by atoms with Crippen LogP contribution >= 0.6 is 0 Å². The minimum absolute atomic E-state index is 0.0151. The predicted molar refractivity (Wildman–Crippen MR) is 87.9 cm³/mol. The molecule has 0 saturated carbocycles. The van der Waals surface area contributed by atoms with Gasteiger partial charge in [-0.05, 0) is 42.7 Å². The first-order valence-electron chi connectivity index (χ1n) is 7.73. The fourth-order valence-corrected chi connectivity index (χ4v) is 2.27. The molecule has 4 heteroatoms. The second kappa shape index (κ2) is 7.27. The van der Waals surface area contributed by atoms with E-state index in [1.807, 2.05) is 38.2 Å². The van der Waals surface area contributed by atoms with Crippen molar-refractivity contribution in [2.45, 2.75) is 39.3 Å². The van der Waals surface area contributed by atoms with E-state index >= 15 is 0 Å². The highest BCUT2D eigenvalue weighted by molar-refractivity contribution is 5.93. The summed E-state index contributed by atoms with van der Waals surface area (Å²) in [4.78, 5) is 13.4. The van der Waals surface area contributed by atoms with E-state index in [1.165, 1.54) is 5.56 Å². The molecule has 2 N–H and O–H groups in total. The van der Waals surface area contributed by atoms with E-state index in [-0.39, 0.29) is 11.9 Å². The zero-order valence-electron chi connectivity index (χ0n) is 13.7. The van der Waals surface area contributed by atoms with Crippen molar-refractivity contribution in [1.29, 1.82) is 0 Å². The van der Waals surface area contributed by atoms with E-state index in [2.05, 4.69) is 31.3 Å². The van der Waals surface area contributed by atoms with Crippen LogP contribution in [0.4, 0.5) is 5.69 Å². The van der Waals surface area contributed by atoms with E-state index < -0.39 is 0 Å². The van der Waals surface area contributed by atoms with Crippen molar-refractivity contribution >= 4 is 11.6 Å². The van der Waals surface area contributed by atoms with Crippen molar-refractivity contribution < 1.29 is 14.1 Å². The summed E-state index contributed by atoms with van der Waals surface area (Å²) in [5, 5.41) is 2.98. The third-order valence-electron chi connectivity index (χ3n) is 4.01. The largest absolute Gasteiger partial charge is 0.463 e. The van der Waals surface area contributed by atoms with Gasteiger partial charge in [-0.3, -0.25) is 4.79 Å². The zero-order chi connectivity index (χ0) is 16.1. The van der Waals surface area contributed by atoms with Gasteiger partial charge < -0.3 is 14.6 Å². The Kier molecular flexibility index (Phi) is 5.39. The number of amides is 1. The number of nitrogens with one attached hydrogen (secondary N) is 2. The molecule has 0 aliphatic rings. The molecule has 1 aromatic heterocycles. The summed E-state index contributed by atoms with van der Waals surface area (Å²) < 4.78 is 5.34. The van der Waals surface area contributed by atoms with Crippen molar-refractivity contribution in [3.05, 3.63) is 54.0 Å². The van der Waals surface area contributed by atoms with Gasteiger partial charge in [-0.2, -0.15) is 0 Å². The average molecular weight is 301 g/mol. The highest BCUT2D eigenvalue weighted by atomic mass is 16.3. The summed E-state index contributed by atoms with van der Waals surface area (Å²) in [7, 11) is 1.99. The molecule has 22 heavy (non-hydrogen) atoms. The molecule has 0 aliphatic carbocycles. The van der Waals surface area contributed by atoms with Gasteiger partial charge >= 0.3 is 0 Å². The van der Waals surface area contributed by atoms with Crippen LogP contribution in [0.5, 0.6) is 0 Å². The number of carbonyl (C=O) groups is 1.